The topological polar surface area (TPSA) is 93.8 Å². The molecule has 0 atom stereocenters. The van der Waals surface area contributed by atoms with Gasteiger partial charge in [-0.3, -0.25) is 4.55 Å². The molecule has 0 amide bonds. The molecule has 2 heterocycles. The molecule has 0 aliphatic carbocycles. The lowest BCUT2D eigenvalue weighted by Gasteiger charge is -2.08. The van der Waals surface area contributed by atoms with E-state index < -0.39 is 15.9 Å². The average Bonchev–Trinajstić information content (AvgIpc) is 2.88. The van der Waals surface area contributed by atoms with Crippen LogP contribution in [0.25, 0.3) is 16.8 Å². The Kier molecular flexibility index (Phi) is 3.55. The lowest BCUT2D eigenvalue weighted by molar-refractivity contribution is 0.416. The first-order valence-corrected chi connectivity index (χ1v) is 8.01. The minimum absolute atomic E-state index is 0.0161. The van der Waals surface area contributed by atoms with Crippen molar-refractivity contribution in [2.24, 2.45) is 0 Å². The number of hydrogen-bond donors (Lipinski definition) is 1. The lowest BCUT2D eigenvalue weighted by Crippen LogP contribution is -2.09. The third-order valence-electron chi connectivity index (χ3n) is 3.14. The summed E-state index contributed by atoms with van der Waals surface area (Å²) >= 11 is 0. The van der Waals surface area contributed by atoms with Crippen LogP contribution in [0.4, 0.5) is 0 Å². The number of para-hydroxylation sites is 1. The largest absolute Gasteiger partial charge is 0.496 e. The van der Waals surface area contributed by atoms with E-state index in [0.29, 0.717) is 11.3 Å². The Labute approximate surface area is 126 Å². The van der Waals surface area contributed by atoms with Crippen molar-refractivity contribution in [3.8, 4) is 17.0 Å². The van der Waals surface area contributed by atoms with Crippen LogP contribution in [0.3, 0.4) is 0 Å². The molecule has 2 aromatic heterocycles. The number of nitrogens with zero attached hydrogens (tertiary/aromatic N) is 3. The summed E-state index contributed by atoms with van der Waals surface area (Å²) in [6.07, 6.45) is 1.51. The Bertz CT molecular complexity index is 934. The molecule has 0 bridgehead atoms. The maximum absolute atomic E-state index is 11.0. The second-order valence-corrected chi connectivity index (χ2v) is 6.11. The van der Waals surface area contributed by atoms with Crippen LogP contribution in [0.5, 0.6) is 5.75 Å². The van der Waals surface area contributed by atoms with Crippen molar-refractivity contribution in [2.75, 3.05) is 7.11 Å². The molecule has 3 aromatic rings. The summed E-state index contributed by atoms with van der Waals surface area (Å²) in [7, 11) is -2.61. The van der Waals surface area contributed by atoms with Crippen molar-refractivity contribution in [1.29, 1.82) is 0 Å². The molecule has 1 N–H and O–H groups in total. The van der Waals surface area contributed by atoms with Crippen molar-refractivity contribution in [3.63, 3.8) is 0 Å². The normalized spacial score (nSPS) is 11.7. The molecule has 3 rings (SSSR count). The molecule has 1 aromatic carbocycles. The number of hydrogen-bond acceptors (Lipinski definition) is 5. The van der Waals surface area contributed by atoms with E-state index in [9.17, 15) is 8.42 Å². The van der Waals surface area contributed by atoms with E-state index in [1.54, 1.807) is 11.6 Å². The molecule has 8 heteroatoms. The smallest absolute Gasteiger partial charge is 0.272 e. The number of aromatic nitrogens is 3. The van der Waals surface area contributed by atoms with Crippen molar-refractivity contribution in [3.05, 3.63) is 48.4 Å². The molecule has 0 saturated heterocycles. The van der Waals surface area contributed by atoms with Gasteiger partial charge in [-0.2, -0.15) is 13.5 Å². The fourth-order valence-electron chi connectivity index (χ4n) is 2.23. The zero-order valence-corrected chi connectivity index (χ0v) is 12.5. The summed E-state index contributed by atoms with van der Waals surface area (Å²) in [4.78, 5) is 3.94. The molecule has 22 heavy (non-hydrogen) atoms. The summed E-state index contributed by atoms with van der Waals surface area (Å²) in [5.41, 5.74) is 2.27. The van der Waals surface area contributed by atoms with E-state index in [0.717, 1.165) is 11.3 Å². The van der Waals surface area contributed by atoms with E-state index in [2.05, 4.69) is 10.1 Å². The number of fused-ring (bicyclic) bond motifs is 1. The first kappa shape index (κ1) is 14.5. The van der Waals surface area contributed by atoms with Crippen LogP contribution in [-0.2, 0) is 15.9 Å². The maximum atomic E-state index is 11.0. The Morgan fingerprint density at radius 1 is 1.23 bits per heavy atom. The summed E-state index contributed by atoms with van der Waals surface area (Å²) < 4.78 is 37.8. The molecular formula is C14H13N3O4S. The van der Waals surface area contributed by atoms with Gasteiger partial charge < -0.3 is 4.74 Å². The molecule has 0 spiro atoms. The van der Waals surface area contributed by atoms with Gasteiger partial charge in [-0.05, 0) is 24.3 Å². The van der Waals surface area contributed by atoms with Crippen molar-refractivity contribution in [2.45, 2.75) is 5.75 Å². The highest BCUT2D eigenvalue weighted by Gasteiger charge is 2.14. The highest BCUT2D eigenvalue weighted by molar-refractivity contribution is 7.84. The van der Waals surface area contributed by atoms with Gasteiger partial charge in [0.2, 0.25) is 0 Å². The Morgan fingerprint density at radius 3 is 2.73 bits per heavy atom. The third-order valence-corrected chi connectivity index (χ3v) is 3.76. The molecule has 0 aliphatic rings. The van der Waals surface area contributed by atoms with Gasteiger partial charge in [0.1, 0.15) is 11.5 Å². The summed E-state index contributed by atoms with van der Waals surface area (Å²) in [6.45, 7) is 0. The number of rotatable bonds is 4. The number of methoxy groups -OCH3 is 1. The van der Waals surface area contributed by atoms with Gasteiger partial charge in [-0.1, -0.05) is 12.1 Å². The number of ether oxygens (including phenoxy) is 1. The van der Waals surface area contributed by atoms with Crippen LogP contribution >= 0.6 is 0 Å². The van der Waals surface area contributed by atoms with Gasteiger partial charge in [0.05, 0.1) is 24.5 Å². The van der Waals surface area contributed by atoms with Crippen LogP contribution in [0.1, 0.15) is 5.82 Å². The molecule has 0 fully saturated rings. The molecule has 0 saturated carbocycles. The van der Waals surface area contributed by atoms with Gasteiger partial charge in [-0.15, -0.1) is 0 Å². The van der Waals surface area contributed by atoms with Gasteiger partial charge >= 0.3 is 0 Å². The third kappa shape index (κ3) is 2.78. The first-order chi connectivity index (χ1) is 10.5. The fourth-order valence-corrected chi connectivity index (χ4v) is 2.68. The Morgan fingerprint density at radius 2 is 2.00 bits per heavy atom. The van der Waals surface area contributed by atoms with Crippen LogP contribution in [0.15, 0.2) is 42.6 Å². The van der Waals surface area contributed by atoms with Gasteiger partial charge in [0, 0.05) is 5.56 Å². The van der Waals surface area contributed by atoms with Crippen LogP contribution in [-0.4, -0.2) is 34.7 Å². The summed E-state index contributed by atoms with van der Waals surface area (Å²) in [6, 6.07) is 11.1. The monoisotopic (exact) mass is 319 g/mol. The molecule has 7 nitrogen and oxygen atoms in total. The average molecular weight is 319 g/mol. The molecule has 0 aliphatic heterocycles. The van der Waals surface area contributed by atoms with Crippen molar-refractivity contribution < 1.29 is 17.7 Å². The van der Waals surface area contributed by atoms with Gasteiger partial charge in [0.25, 0.3) is 10.1 Å². The standard InChI is InChI=1S/C14H13N3O4S/c1-21-13-5-3-2-4-11(13)12-7-6-10-8-15-14(16-17(10)12)9-22(18,19)20/h2-8H,9H2,1H3,(H,18,19,20). The first-order valence-electron chi connectivity index (χ1n) is 6.40. The quantitative estimate of drug-likeness (QED) is 0.737. The zero-order chi connectivity index (χ0) is 15.7. The van der Waals surface area contributed by atoms with E-state index in [4.69, 9.17) is 9.29 Å². The lowest BCUT2D eigenvalue weighted by atomic mass is 10.1. The van der Waals surface area contributed by atoms with Gasteiger partial charge in [0.15, 0.2) is 5.82 Å². The van der Waals surface area contributed by atoms with E-state index in [-0.39, 0.29) is 5.82 Å². The van der Waals surface area contributed by atoms with Gasteiger partial charge in [-0.25, -0.2) is 9.50 Å². The second kappa shape index (κ2) is 5.39. The second-order valence-electron chi connectivity index (χ2n) is 4.66. The minimum atomic E-state index is -4.18. The Balaban J connectivity index is 2.16. The molecular weight excluding hydrogens is 306 g/mol. The van der Waals surface area contributed by atoms with E-state index in [1.165, 1.54) is 6.20 Å². The van der Waals surface area contributed by atoms with Crippen LogP contribution in [0, 0.1) is 0 Å². The molecule has 0 unspecified atom stereocenters. The molecule has 0 radical (unpaired) electrons. The Hall–Kier alpha value is -2.45. The zero-order valence-electron chi connectivity index (χ0n) is 11.7. The fraction of sp³-hybridized carbons (Fsp3) is 0.143. The maximum Gasteiger partial charge on any atom is 0.272 e. The molecule has 114 valence electrons. The van der Waals surface area contributed by atoms with E-state index >= 15 is 0 Å². The summed E-state index contributed by atoms with van der Waals surface area (Å²) in [5.74, 6) is 0.0618. The van der Waals surface area contributed by atoms with E-state index in [1.807, 2.05) is 36.4 Å². The van der Waals surface area contributed by atoms with Crippen LogP contribution < -0.4 is 4.74 Å². The minimum Gasteiger partial charge on any atom is -0.496 e. The van der Waals surface area contributed by atoms with Crippen molar-refractivity contribution in [1.82, 2.24) is 14.6 Å². The predicted octanol–water partition coefficient (Wildman–Crippen LogP) is 1.79. The van der Waals surface area contributed by atoms with Crippen molar-refractivity contribution >= 4 is 15.6 Å². The predicted molar refractivity (Wildman–Crippen MR) is 80.2 cm³/mol. The number of benzene rings is 1. The summed E-state index contributed by atoms with van der Waals surface area (Å²) in [5, 5.41) is 4.18. The SMILES string of the molecule is COc1ccccc1-c1ccc2cnc(CS(=O)(=O)O)nn12. The highest BCUT2D eigenvalue weighted by atomic mass is 32.2. The highest BCUT2D eigenvalue weighted by Crippen LogP contribution is 2.30. The van der Waals surface area contributed by atoms with Crippen LogP contribution in [0.2, 0.25) is 0 Å².